The van der Waals surface area contributed by atoms with Gasteiger partial charge in [0.1, 0.15) is 0 Å². The summed E-state index contributed by atoms with van der Waals surface area (Å²) in [6, 6.07) is 12.8. The predicted octanol–water partition coefficient (Wildman–Crippen LogP) is 3.11. The molecule has 152 valence electrons. The van der Waals surface area contributed by atoms with Crippen LogP contribution < -0.4 is 11.1 Å². The molecule has 1 aliphatic rings. The zero-order chi connectivity index (χ0) is 20.2. The first-order valence-electron chi connectivity index (χ1n) is 9.56. The topological polar surface area (TPSA) is 76.7 Å². The molecular formula is C21H22ClN3O4. The summed E-state index contributed by atoms with van der Waals surface area (Å²) < 4.78 is 12.0. The average Bonchev–Trinajstić information content (AvgIpc) is 3.02. The first-order valence-corrected chi connectivity index (χ1v) is 9.94. The van der Waals surface area contributed by atoms with Crippen molar-refractivity contribution in [3.8, 4) is 0 Å². The number of carbonyl (C=O) groups excluding carboxylic acids is 1. The summed E-state index contributed by atoms with van der Waals surface area (Å²) in [5, 5.41) is 3.37. The minimum atomic E-state index is -0.498. The number of rotatable bonds is 6. The second kappa shape index (κ2) is 8.82. The van der Waals surface area contributed by atoms with Crippen molar-refractivity contribution >= 4 is 34.3 Å². The highest BCUT2D eigenvalue weighted by Gasteiger charge is 2.13. The Labute approximate surface area is 172 Å². The van der Waals surface area contributed by atoms with Crippen molar-refractivity contribution in [3.05, 3.63) is 63.6 Å². The molecule has 29 heavy (non-hydrogen) atoms. The van der Waals surface area contributed by atoms with E-state index in [1.807, 2.05) is 24.3 Å². The van der Waals surface area contributed by atoms with Crippen LogP contribution in [0.15, 0.2) is 51.7 Å². The third-order valence-corrected chi connectivity index (χ3v) is 5.18. The van der Waals surface area contributed by atoms with Crippen LogP contribution in [0.2, 0.25) is 5.02 Å². The SMILES string of the molecule is O=C(CCn1c(=O)oc2cc(Cl)ccc21)Nc1ccc(CN2CCOCC2)cc1. The summed E-state index contributed by atoms with van der Waals surface area (Å²) in [7, 11) is 0. The normalized spacial score (nSPS) is 14.9. The number of amides is 1. The van der Waals surface area contributed by atoms with Crippen LogP contribution in [0, 0.1) is 0 Å². The summed E-state index contributed by atoms with van der Waals surface area (Å²) in [6.45, 7) is 4.53. The van der Waals surface area contributed by atoms with Crippen LogP contribution in [0.1, 0.15) is 12.0 Å². The van der Waals surface area contributed by atoms with E-state index >= 15 is 0 Å². The average molecular weight is 416 g/mol. The van der Waals surface area contributed by atoms with Gasteiger partial charge in [-0.3, -0.25) is 14.3 Å². The fourth-order valence-corrected chi connectivity index (χ4v) is 3.56. The maximum absolute atomic E-state index is 12.3. The van der Waals surface area contributed by atoms with Crippen molar-refractivity contribution in [2.24, 2.45) is 0 Å². The van der Waals surface area contributed by atoms with Gasteiger partial charge in [0, 0.05) is 49.4 Å². The molecule has 0 bridgehead atoms. The number of hydrogen-bond donors (Lipinski definition) is 1. The zero-order valence-corrected chi connectivity index (χ0v) is 16.7. The Bertz CT molecular complexity index is 1050. The van der Waals surface area contributed by atoms with Gasteiger partial charge in [0.2, 0.25) is 5.91 Å². The Morgan fingerprint density at radius 1 is 1.10 bits per heavy atom. The fourth-order valence-electron chi connectivity index (χ4n) is 3.40. The molecule has 7 nitrogen and oxygen atoms in total. The van der Waals surface area contributed by atoms with Crippen molar-refractivity contribution in [1.29, 1.82) is 0 Å². The maximum Gasteiger partial charge on any atom is 0.419 e. The van der Waals surface area contributed by atoms with Crippen LogP contribution in [0.5, 0.6) is 0 Å². The van der Waals surface area contributed by atoms with Crippen molar-refractivity contribution in [3.63, 3.8) is 0 Å². The Morgan fingerprint density at radius 2 is 1.86 bits per heavy atom. The van der Waals surface area contributed by atoms with E-state index < -0.39 is 5.76 Å². The van der Waals surface area contributed by atoms with E-state index in [1.54, 1.807) is 18.2 Å². The lowest BCUT2D eigenvalue weighted by Crippen LogP contribution is -2.35. The van der Waals surface area contributed by atoms with Gasteiger partial charge in [0.05, 0.1) is 18.7 Å². The van der Waals surface area contributed by atoms with Gasteiger partial charge < -0.3 is 14.5 Å². The van der Waals surface area contributed by atoms with Crippen molar-refractivity contribution < 1.29 is 13.9 Å². The number of fused-ring (bicyclic) bond motifs is 1. The number of aryl methyl sites for hydroxylation is 1. The number of ether oxygens (including phenoxy) is 1. The number of benzene rings is 2. The number of oxazole rings is 1. The molecule has 1 fully saturated rings. The highest BCUT2D eigenvalue weighted by molar-refractivity contribution is 6.31. The molecule has 0 aliphatic carbocycles. The first-order chi connectivity index (χ1) is 14.1. The van der Waals surface area contributed by atoms with E-state index in [1.165, 1.54) is 10.1 Å². The molecule has 1 saturated heterocycles. The summed E-state index contributed by atoms with van der Waals surface area (Å²) in [6.07, 6.45) is 0.159. The quantitative estimate of drug-likeness (QED) is 0.669. The van der Waals surface area contributed by atoms with Gasteiger partial charge in [-0.2, -0.15) is 0 Å². The maximum atomic E-state index is 12.3. The smallest absolute Gasteiger partial charge is 0.408 e. The molecule has 1 N–H and O–H groups in total. The van der Waals surface area contributed by atoms with Crippen molar-refractivity contribution in [1.82, 2.24) is 9.47 Å². The lowest BCUT2D eigenvalue weighted by atomic mass is 10.2. The number of halogens is 1. The molecule has 0 saturated carbocycles. The summed E-state index contributed by atoms with van der Waals surface area (Å²) in [5.41, 5.74) is 2.97. The molecule has 3 aromatic rings. The number of anilines is 1. The third-order valence-electron chi connectivity index (χ3n) is 4.94. The van der Waals surface area contributed by atoms with E-state index in [-0.39, 0.29) is 18.9 Å². The van der Waals surface area contributed by atoms with Gasteiger partial charge in [-0.1, -0.05) is 23.7 Å². The van der Waals surface area contributed by atoms with E-state index in [9.17, 15) is 9.59 Å². The van der Waals surface area contributed by atoms with Crippen LogP contribution in [-0.2, 0) is 22.6 Å². The van der Waals surface area contributed by atoms with E-state index in [2.05, 4.69) is 10.2 Å². The van der Waals surface area contributed by atoms with Crippen molar-refractivity contribution in [2.75, 3.05) is 31.6 Å². The molecule has 1 amide bonds. The van der Waals surface area contributed by atoms with Crippen LogP contribution in [0.3, 0.4) is 0 Å². The summed E-state index contributed by atoms with van der Waals surface area (Å²) >= 11 is 5.92. The van der Waals surface area contributed by atoms with E-state index in [0.717, 1.165) is 38.5 Å². The fraction of sp³-hybridized carbons (Fsp3) is 0.333. The molecule has 2 aromatic carbocycles. The Morgan fingerprint density at radius 3 is 2.62 bits per heavy atom. The second-order valence-corrected chi connectivity index (χ2v) is 7.45. The number of morpholine rings is 1. The number of carbonyl (C=O) groups is 1. The first kappa shape index (κ1) is 19.7. The molecule has 0 atom stereocenters. The van der Waals surface area contributed by atoms with Gasteiger partial charge in [0.25, 0.3) is 0 Å². The summed E-state index contributed by atoms with van der Waals surface area (Å²) in [5.74, 6) is -0.663. The molecule has 1 aromatic heterocycles. The van der Waals surface area contributed by atoms with Gasteiger partial charge in [0.15, 0.2) is 5.58 Å². The van der Waals surface area contributed by atoms with Gasteiger partial charge in [-0.15, -0.1) is 0 Å². The largest absolute Gasteiger partial charge is 0.419 e. The Balaban J connectivity index is 1.33. The molecule has 0 spiro atoms. The number of nitrogens with one attached hydrogen (secondary N) is 1. The Hall–Kier alpha value is -2.61. The van der Waals surface area contributed by atoms with Gasteiger partial charge in [-0.05, 0) is 29.8 Å². The lowest BCUT2D eigenvalue weighted by molar-refractivity contribution is -0.116. The zero-order valence-electron chi connectivity index (χ0n) is 15.9. The summed E-state index contributed by atoms with van der Waals surface area (Å²) in [4.78, 5) is 26.7. The minimum Gasteiger partial charge on any atom is -0.408 e. The van der Waals surface area contributed by atoms with Crippen LogP contribution in [0.25, 0.3) is 11.1 Å². The van der Waals surface area contributed by atoms with Gasteiger partial charge in [-0.25, -0.2) is 4.79 Å². The standard InChI is InChI=1S/C21H22ClN3O4/c22-16-3-6-18-19(13-16)29-21(27)25(18)8-7-20(26)23-17-4-1-15(2-5-17)14-24-9-11-28-12-10-24/h1-6,13H,7-12,14H2,(H,23,26). The molecule has 8 heteroatoms. The molecular weight excluding hydrogens is 394 g/mol. The Kier molecular flexibility index (Phi) is 5.99. The number of hydrogen-bond acceptors (Lipinski definition) is 5. The second-order valence-electron chi connectivity index (χ2n) is 7.02. The van der Waals surface area contributed by atoms with E-state index in [4.69, 9.17) is 20.8 Å². The molecule has 1 aliphatic heterocycles. The molecule has 0 unspecified atom stereocenters. The predicted molar refractivity (Wildman–Crippen MR) is 111 cm³/mol. The lowest BCUT2D eigenvalue weighted by Gasteiger charge is -2.26. The minimum absolute atomic E-state index is 0.159. The number of aromatic nitrogens is 1. The number of nitrogens with zero attached hydrogens (tertiary/aromatic N) is 2. The van der Waals surface area contributed by atoms with E-state index in [0.29, 0.717) is 16.1 Å². The van der Waals surface area contributed by atoms with Crippen LogP contribution >= 0.6 is 11.6 Å². The van der Waals surface area contributed by atoms with Gasteiger partial charge >= 0.3 is 5.76 Å². The monoisotopic (exact) mass is 415 g/mol. The van der Waals surface area contributed by atoms with Crippen LogP contribution in [-0.4, -0.2) is 41.7 Å². The highest BCUT2D eigenvalue weighted by atomic mass is 35.5. The van der Waals surface area contributed by atoms with Crippen LogP contribution in [0.4, 0.5) is 5.69 Å². The molecule has 4 rings (SSSR count). The molecule has 2 heterocycles. The molecule has 0 radical (unpaired) electrons. The third kappa shape index (κ3) is 4.87. The van der Waals surface area contributed by atoms with Crippen molar-refractivity contribution in [2.45, 2.75) is 19.5 Å². The highest BCUT2D eigenvalue weighted by Crippen LogP contribution is 2.19.